The molecule has 2 aromatic rings. The molecule has 1 aliphatic carbocycles. The fourth-order valence-corrected chi connectivity index (χ4v) is 5.57. The van der Waals surface area contributed by atoms with Crippen LogP contribution in [0.5, 0.6) is 0 Å². The van der Waals surface area contributed by atoms with Gasteiger partial charge in [0.15, 0.2) is 0 Å². The number of amides is 1. The Labute approximate surface area is 215 Å². The van der Waals surface area contributed by atoms with E-state index in [1.165, 1.54) is 12.1 Å². The molecule has 1 heterocycles. The minimum atomic E-state index is -4.95. The van der Waals surface area contributed by atoms with Gasteiger partial charge < -0.3 is 15.2 Å². The third-order valence-corrected chi connectivity index (χ3v) is 7.47. The lowest BCUT2D eigenvalue weighted by atomic mass is 9.81. The molecule has 2 aromatic carbocycles. The summed E-state index contributed by atoms with van der Waals surface area (Å²) in [5, 5.41) is 12.5. The number of rotatable bonds is 7. The summed E-state index contributed by atoms with van der Waals surface area (Å²) in [6.45, 7) is 0.00374. The fraction of sp³-hybridized carbons (Fsp3) is 0.519. The van der Waals surface area contributed by atoms with Crippen molar-refractivity contribution < 1.29 is 45.4 Å². The summed E-state index contributed by atoms with van der Waals surface area (Å²) in [6.07, 6.45) is -8.47. The number of hydrogen-bond acceptors (Lipinski definition) is 3. The maximum atomic E-state index is 13.6. The number of carbonyl (C=O) groups excluding carboxylic acids is 1. The third-order valence-electron chi connectivity index (χ3n) is 7.47. The van der Waals surface area contributed by atoms with Gasteiger partial charge in [-0.15, -0.1) is 0 Å². The van der Waals surface area contributed by atoms with Crippen molar-refractivity contribution in [2.24, 2.45) is 11.8 Å². The molecular weight excluding hydrogens is 519 g/mol. The molecule has 0 spiro atoms. The Balaban J connectivity index is 1.50. The van der Waals surface area contributed by atoms with E-state index >= 15 is 0 Å². The minimum absolute atomic E-state index is 0.0625. The van der Waals surface area contributed by atoms with E-state index in [0.29, 0.717) is 50.8 Å². The zero-order chi connectivity index (χ0) is 27.7. The summed E-state index contributed by atoms with van der Waals surface area (Å²) in [6, 6.07) is 7.25. The highest BCUT2D eigenvalue weighted by atomic mass is 19.4. The molecule has 0 bridgehead atoms. The highest BCUT2D eigenvalue weighted by Crippen LogP contribution is 2.45. The third kappa shape index (κ3) is 6.85. The predicted octanol–water partition coefficient (Wildman–Crippen LogP) is 6.22. The molecule has 1 amide bonds. The van der Waals surface area contributed by atoms with Crippen molar-refractivity contribution in [1.29, 1.82) is 0 Å². The number of aliphatic hydroxyl groups excluding tert-OH is 1. The molecule has 0 aromatic heterocycles. The van der Waals surface area contributed by atoms with Crippen molar-refractivity contribution >= 4 is 5.91 Å². The van der Waals surface area contributed by atoms with Crippen molar-refractivity contribution in [3.63, 3.8) is 0 Å². The second-order valence-electron chi connectivity index (χ2n) is 10.1. The molecule has 4 rings (SSSR count). The van der Waals surface area contributed by atoms with E-state index in [1.807, 2.05) is 0 Å². The molecule has 2 aliphatic rings. The summed E-state index contributed by atoms with van der Waals surface area (Å²) in [7, 11) is 0. The Morgan fingerprint density at radius 1 is 0.921 bits per heavy atom. The van der Waals surface area contributed by atoms with Crippen LogP contribution < -0.4 is 5.32 Å². The van der Waals surface area contributed by atoms with Crippen molar-refractivity contribution in [2.45, 2.75) is 69.2 Å². The van der Waals surface area contributed by atoms with Gasteiger partial charge in [0.05, 0.1) is 23.8 Å². The molecule has 208 valence electrons. The molecule has 1 saturated carbocycles. The largest absolute Gasteiger partial charge is 0.416 e. The van der Waals surface area contributed by atoms with Crippen LogP contribution in [0.15, 0.2) is 42.5 Å². The number of carbonyl (C=O) groups is 1. The van der Waals surface area contributed by atoms with Crippen LogP contribution in [0.2, 0.25) is 0 Å². The minimum Gasteiger partial charge on any atom is -0.383 e. The number of ether oxygens (including phenoxy) is 1. The van der Waals surface area contributed by atoms with E-state index < -0.39 is 54.0 Å². The van der Waals surface area contributed by atoms with E-state index in [1.54, 1.807) is 12.1 Å². The van der Waals surface area contributed by atoms with Gasteiger partial charge >= 0.3 is 12.4 Å². The zero-order valence-corrected chi connectivity index (χ0v) is 20.3. The number of aliphatic hydroxyl groups is 1. The number of hydrogen-bond donors (Lipinski definition) is 2. The highest BCUT2D eigenvalue weighted by molar-refractivity contribution is 5.81. The fourth-order valence-electron chi connectivity index (χ4n) is 5.57. The zero-order valence-electron chi connectivity index (χ0n) is 20.3. The Kier molecular flexibility index (Phi) is 8.37. The second kappa shape index (κ2) is 11.2. The van der Waals surface area contributed by atoms with Gasteiger partial charge in [-0.05, 0) is 85.4 Å². The first-order valence-corrected chi connectivity index (χ1v) is 12.4. The molecule has 4 nitrogen and oxygen atoms in total. The van der Waals surface area contributed by atoms with Crippen LogP contribution in [-0.2, 0) is 28.5 Å². The van der Waals surface area contributed by atoms with E-state index in [0.717, 1.165) is 5.56 Å². The van der Waals surface area contributed by atoms with Crippen molar-refractivity contribution in [3.8, 4) is 0 Å². The Bertz CT molecular complexity index is 1080. The number of piperidine rings is 1. The van der Waals surface area contributed by atoms with E-state index in [2.05, 4.69) is 5.32 Å². The Morgan fingerprint density at radius 2 is 1.55 bits per heavy atom. The van der Waals surface area contributed by atoms with E-state index in [4.69, 9.17) is 4.74 Å². The van der Waals surface area contributed by atoms with Crippen LogP contribution in [0, 0.1) is 17.7 Å². The normalized spacial score (nSPS) is 26.4. The van der Waals surface area contributed by atoms with Crippen LogP contribution in [0.1, 0.15) is 60.3 Å². The molecule has 5 atom stereocenters. The molecule has 2 fully saturated rings. The van der Waals surface area contributed by atoms with Gasteiger partial charge in [0, 0.05) is 12.5 Å². The standard InChI is InChI=1S/C27H28F7NO3/c28-21-6-3-18(4-7-21)24-17(2-1-15-11-22(36)25(37)35-13-15)5-8-23(24)38-14-16-9-19(26(29,30)31)12-20(10-16)27(32,33)34/h3-4,6-7,9-10,12,15,17,22-24,36H,1-2,5,8,11,13-14H2,(H,35,37)/t15-,17-,22-,23-,24+/m0/s1. The van der Waals surface area contributed by atoms with Gasteiger partial charge in [0.2, 0.25) is 5.91 Å². The quantitative estimate of drug-likeness (QED) is 0.405. The first kappa shape index (κ1) is 28.4. The monoisotopic (exact) mass is 547 g/mol. The topological polar surface area (TPSA) is 58.6 Å². The van der Waals surface area contributed by atoms with Gasteiger partial charge in [-0.1, -0.05) is 12.1 Å². The lowest BCUT2D eigenvalue weighted by molar-refractivity contribution is -0.143. The SMILES string of the molecule is O=C1NC[C@@H](CC[C@H]2CC[C@H](OCc3cc(C(F)(F)F)cc(C(F)(F)F)c3)[C@H]2c2ccc(F)cc2)C[C@@H]1O. The van der Waals surface area contributed by atoms with Gasteiger partial charge in [0.25, 0.3) is 0 Å². The Morgan fingerprint density at radius 3 is 2.13 bits per heavy atom. The maximum absolute atomic E-state index is 13.6. The van der Waals surface area contributed by atoms with Crippen LogP contribution in [0.25, 0.3) is 0 Å². The first-order valence-electron chi connectivity index (χ1n) is 12.4. The molecule has 0 radical (unpaired) electrons. The number of halogens is 7. The summed E-state index contributed by atoms with van der Waals surface area (Å²) in [4.78, 5) is 11.5. The molecular formula is C27H28F7NO3. The lowest BCUT2D eigenvalue weighted by Gasteiger charge is -2.29. The molecule has 2 N–H and O–H groups in total. The number of nitrogens with one attached hydrogen (secondary N) is 1. The predicted molar refractivity (Wildman–Crippen MR) is 123 cm³/mol. The van der Waals surface area contributed by atoms with Crippen LogP contribution in [-0.4, -0.2) is 29.8 Å². The highest BCUT2D eigenvalue weighted by Gasteiger charge is 2.40. The molecule has 38 heavy (non-hydrogen) atoms. The molecule has 11 heteroatoms. The number of alkyl halides is 6. The first-order chi connectivity index (χ1) is 17.8. The van der Waals surface area contributed by atoms with Crippen molar-refractivity contribution in [3.05, 3.63) is 70.5 Å². The van der Waals surface area contributed by atoms with Gasteiger partial charge in [-0.3, -0.25) is 4.79 Å². The Hall–Kier alpha value is -2.66. The van der Waals surface area contributed by atoms with Crippen LogP contribution in [0.4, 0.5) is 30.7 Å². The van der Waals surface area contributed by atoms with Gasteiger partial charge in [-0.2, -0.15) is 26.3 Å². The maximum Gasteiger partial charge on any atom is 0.416 e. The van der Waals surface area contributed by atoms with Gasteiger partial charge in [0.1, 0.15) is 11.9 Å². The van der Waals surface area contributed by atoms with Crippen LogP contribution in [0.3, 0.4) is 0 Å². The smallest absolute Gasteiger partial charge is 0.383 e. The van der Waals surface area contributed by atoms with E-state index in [9.17, 15) is 40.6 Å². The summed E-state index contributed by atoms with van der Waals surface area (Å²) in [5.74, 6) is -0.944. The molecule has 1 aliphatic heterocycles. The summed E-state index contributed by atoms with van der Waals surface area (Å²) >= 11 is 0. The number of benzene rings is 2. The van der Waals surface area contributed by atoms with Crippen molar-refractivity contribution in [2.75, 3.05) is 6.54 Å². The molecule has 1 saturated heterocycles. The van der Waals surface area contributed by atoms with E-state index in [-0.39, 0.29) is 29.4 Å². The summed E-state index contributed by atoms with van der Waals surface area (Å²) in [5.41, 5.74) is -2.25. The summed E-state index contributed by atoms with van der Waals surface area (Å²) < 4.78 is 99.0. The second-order valence-corrected chi connectivity index (χ2v) is 10.1. The van der Waals surface area contributed by atoms with Crippen LogP contribution >= 0.6 is 0 Å². The average Bonchev–Trinajstić information content (AvgIpc) is 3.25. The lowest BCUT2D eigenvalue weighted by Crippen LogP contribution is -2.44. The van der Waals surface area contributed by atoms with Crippen molar-refractivity contribution in [1.82, 2.24) is 5.32 Å². The molecule has 0 unspecified atom stereocenters. The van der Waals surface area contributed by atoms with Gasteiger partial charge in [-0.25, -0.2) is 4.39 Å². The average molecular weight is 548 g/mol.